The van der Waals surface area contributed by atoms with Gasteiger partial charge in [0.15, 0.2) is 0 Å². The first-order chi connectivity index (χ1) is 8.69. The molecule has 18 heavy (non-hydrogen) atoms. The van der Waals surface area contributed by atoms with Crippen molar-refractivity contribution in [3.05, 3.63) is 58.7 Å². The molecule has 0 radical (unpaired) electrons. The van der Waals surface area contributed by atoms with Gasteiger partial charge in [-0.05, 0) is 36.8 Å². The van der Waals surface area contributed by atoms with Crippen LogP contribution >= 0.6 is 11.6 Å². The quantitative estimate of drug-likeness (QED) is 0.910. The number of nitrogens with one attached hydrogen (secondary N) is 1. The summed E-state index contributed by atoms with van der Waals surface area (Å²) in [6, 6.07) is 13.4. The first kappa shape index (κ1) is 12.4. The van der Waals surface area contributed by atoms with Gasteiger partial charge in [0.05, 0.1) is 5.56 Å². The summed E-state index contributed by atoms with van der Waals surface area (Å²) in [5, 5.41) is 12.7. The highest BCUT2D eigenvalue weighted by Gasteiger charge is 2.05. The average molecular weight is 258 g/mol. The van der Waals surface area contributed by atoms with Gasteiger partial charge in [-0.1, -0.05) is 23.7 Å². The van der Waals surface area contributed by atoms with E-state index in [1.807, 2.05) is 37.3 Å². The molecule has 90 valence electrons. The van der Waals surface area contributed by atoms with Gasteiger partial charge in [-0.15, -0.1) is 0 Å². The smallest absolute Gasteiger partial charge is 0.126 e. The second kappa shape index (κ2) is 5.52. The number of halogens is 1. The first-order valence-corrected chi connectivity index (χ1v) is 5.95. The van der Waals surface area contributed by atoms with Crippen LogP contribution in [0.1, 0.15) is 24.1 Å². The van der Waals surface area contributed by atoms with Crippen LogP contribution in [0.2, 0.25) is 5.02 Å². The standard InChI is InChI=1S/C14H12ClN3/c1-10(12-3-5-13(15)6-4-12)18-14-7-2-11(8-16)9-17-14/h2-7,9-10H,1H3,(H,17,18). The van der Waals surface area contributed by atoms with Crippen LogP contribution in [0.5, 0.6) is 0 Å². The molecule has 4 heteroatoms. The van der Waals surface area contributed by atoms with Crippen molar-refractivity contribution in [1.29, 1.82) is 5.26 Å². The van der Waals surface area contributed by atoms with Crippen LogP contribution in [0.15, 0.2) is 42.6 Å². The zero-order valence-corrected chi connectivity index (χ0v) is 10.6. The molecule has 3 nitrogen and oxygen atoms in total. The number of pyridine rings is 1. The summed E-state index contributed by atoms with van der Waals surface area (Å²) in [5.41, 5.74) is 1.69. The maximum Gasteiger partial charge on any atom is 0.126 e. The molecule has 0 aliphatic heterocycles. The molecule has 0 saturated carbocycles. The van der Waals surface area contributed by atoms with Gasteiger partial charge in [-0.3, -0.25) is 0 Å². The van der Waals surface area contributed by atoms with E-state index in [1.165, 1.54) is 0 Å². The molecule has 1 aromatic carbocycles. The fraction of sp³-hybridized carbons (Fsp3) is 0.143. The van der Waals surface area contributed by atoms with Crippen molar-refractivity contribution < 1.29 is 0 Å². The van der Waals surface area contributed by atoms with Gasteiger partial charge in [-0.25, -0.2) is 4.98 Å². The van der Waals surface area contributed by atoms with Gasteiger partial charge >= 0.3 is 0 Å². The van der Waals surface area contributed by atoms with Crippen molar-refractivity contribution in [1.82, 2.24) is 4.98 Å². The topological polar surface area (TPSA) is 48.7 Å². The summed E-state index contributed by atoms with van der Waals surface area (Å²) < 4.78 is 0. The number of nitrogens with zero attached hydrogens (tertiary/aromatic N) is 2. The zero-order chi connectivity index (χ0) is 13.0. The first-order valence-electron chi connectivity index (χ1n) is 5.57. The lowest BCUT2D eigenvalue weighted by Gasteiger charge is -2.14. The summed E-state index contributed by atoms with van der Waals surface area (Å²) in [4.78, 5) is 4.17. The highest BCUT2D eigenvalue weighted by Crippen LogP contribution is 2.19. The van der Waals surface area contributed by atoms with Crippen LogP contribution < -0.4 is 5.32 Å². The molecule has 2 rings (SSSR count). The van der Waals surface area contributed by atoms with Crippen molar-refractivity contribution >= 4 is 17.4 Å². The summed E-state index contributed by atoms with van der Waals surface area (Å²) in [6.07, 6.45) is 1.55. The Morgan fingerprint density at radius 2 is 1.94 bits per heavy atom. The van der Waals surface area contributed by atoms with Gasteiger partial charge in [0.1, 0.15) is 11.9 Å². The molecule has 0 aliphatic rings. The van der Waals surface area contributed by atoms with E-state index >= 15 is 0 Å². The van der Waals surface area contributed by atoms with E-state index in [-0.39, 0.29) is 6.04 Å². The summed E-state index contributed by atoms with van der Waals surface area (Å²) in [7, 11) is 0. The van der Waals surface area contributed by atoms with E-state index < -0.39 is 0 Å². The number of hydrogen-bond donors (Lipinski definition) is 1. The molecule has 1 atom stereocenters. The van der Waals surface area contributed by atoms with Gasteiger partial charge in [0, 0.05) is 17.3 Å². The number of aromatic nitrogens is 1. The molecule has 0 saturated heterocycles. The Balaban J connectivity index is 2.08. The molecule has 2 aromatic rings. The molecule has 0 bridgehead atoms. The lowest BCUT2D eigenvalue weighted by atomic mass is 10.1. The van der Waals surface area contributed by atoms with E-state index in [9.17, 15) is 0 Å². The molecule has 1 heterocycles. The second-order valence-corrected chi connectivity index (χ2v) is 4.40. The Morgan fingerprint density at radius 3 is 2.50 bits per heavy atom. The average Bonchev–Trinajstić information content (AvgIpc) is 2.40. The van der Waals surface area contributed by atoms with Crippen molar-refractivity contribution in [2.24, 2.45) is 0 Å². The minimum Gasteiger partial charge on any atom is -0.364 e. The van der Waals surface area contributed by atoms with Crippen molar-refractivity contribution in [2.45, 2.75) is 13.0 Å². The van der Waals surface area contributed by atoms with Gasteiger partial charge < -0.3 is 5.32 Å². The third-order valence-corrected chi connectivity index (χ3v) is 2.88. The third-order valence-electron chi connectivity index (χ3n) is 2.63. The predicted molar refractivity (Wildman–Crippen MR) is 72.4 cm³/mol. The summed E-state index contributed by atoms with van der Waals surface area (Å²) in [5.74, 6) is 0.747. The van der Waals surface area contributed by atoms with Crippen LogP contribution in [0.3, 0.4) is 0 Å². The van der Waals surface area contributed by atoms with E-state index in [0.29, 0.717) is 5.56 Å². The normalized spacial score (nSPS) is 11.6. The molecule has 1 N–H and O–H groups in total. The Bertz CT molecular complexity index is 555. The molecule has 0 fully saturated rings. The minimum absolute atomic E-state index is 0.128. The fourth-order valence-electron chi connectivity index (χ4n) is 1.60. The molecule has 1 unspecified atom stereocenters. The molecule has 0 amide bonds. The Kier molecular flexibility index (Phi) is 3.81. The fourth-order valence-corrected chi connectivity index (χ4v) is 1.73. The molecular weight excluding hydrogens is 246 g/mol. The molecule has 1 aromatic heterocycles. The number of rotatable bonds is 3. The van der Waals surface area contributed by atoms with E-state index in [0.717, 1.165) is 16.4 Å². The Morgan fingerprint density at radius 1 is 1.22 bits per heavy atom. The summed E-state index contributed by atoms with van der Waals surface area (Å²) >= 11 is 5.85. The molecular formula is C14H12ClN3. The third kappa shape index (κ3) is 2.99. The largest absolute Gasteiger partial charge is 0.364 e. The van der Waals surface area contributed by atoms with E-state index in [1.54, 1.807) is 18.3 Å². The Labute approximate surface area is 111 Å². The minimum atomic E-state index is 0.128. The van der Waals surface area contributed by atoms with Crippen molar-refractivity contribution in [2.75, 3.05) is 5.32 Å². The number of anilines is 1. The van der Waals surface area contributed by atoms with Crippen LogP contribution in [-0.2, 0) is 0 Å². The van der Waals surface area contributed by atoms with Gasteiger partial charge in [0.25, 0.3) is 0 Å². The van der Waals surface area contributed by atoms with Crippen molar-refractivity contribution in [3.63, 3.8) is 0 Å². The predicted octanol–water partition coefficient (Wildman–Crippen LogP) is 3.78. The second-order valence-electron chi connectivity index (χ2n) is 3.96. The lowest BCUT2D eigenvalue weighted by Crippen LogP contribution is -2.07. The highest BCUT2D eigenvalue weighted by atomic mass is 35.5. The number of nitriles is 1. The Hall–Kier alpha value is -2.05. The van der Waals surface area contributed by atoms with E-state index in [4.69, 9.17) is 16.9 Å². The van der Waals surface area contributed by atoms with Crippen LogP contribution in [0.25, 0.3) is 0 Å². The maximum absolute atomic E-state index is 8.69. The van der Waals surface area contributed by atoms with Gasteiger partial charge in [0.2, 0.25) is 0 Å². The van der Waals surface area contributed by atoms with E-state index in [2.05, 4.69) is 10.3 Å². The lowest BCUT2D eigenvalue weighted by molar-refractivity contribution is 0.874. The molecule has 0 aliphatic carbocycles. The summed E-state index contributed by atoms with van der Waals surface area (Å²) in [6.45, 7) is 2.04. The monoisotopic (exact) mass is 257 g/mol. The number of benzene rings is 1. The van der Waals surface area contributed by atoms with Crippen molar-refractivity contribution in [3.8, 4) is 6.07 Å². The van der Waals surface area contributed by atoms with Crippen LogP contribution in [0, 0.1) is 11.3 Å². The van der Waals surface area contributed by atoms with Crippen LogP contribution in [-0.4, -0.2) is 4.98 Å². The highest BCUT2D eigenvalue weighted by molar-refractivity contribution is 6.30. The maximum atomic E-state index is 8.69. The molecule has 0 spiro atoms. The van der Waals surface area contributed by atoms with Crippen LogP contribution in [0.4, 0.5) is 5.82 Å². The SMILES string of the molecule is CC(Nc1ccc(C#N)cn1)c1ccc(Cl)cc1. The van der Waals surface area contributed by atoms with Gasteiger partial charge in [-0.2, -0.15) is 5.26 Å². The number of hydrogen-bond acceptors (Lipinski definition) is 3. The zero-order valence-electron chi connectivity index (χ0n) is 9.89.